The molecule has 31 heavy (non-hydrogen) atoms. The third kappa shape index (κ3) is 5.76. The molecule has 5 heteroatoms. The van der Waals surface area contributed by atoms with Gasteiger partial charge in [0.2, 0.25) is 5.91 Å². The van der Waals surface area contributed by atoms with Crippen LogP contribution in [0, 0.1) is 18.8 Å². The fourth-order valence-corrected chi connectivity index (χ4v) is 5.87. The summed E-state index contributed by atoms with van der Waals surface area (Å²) in [5, 5.41) is 1.99. The van der Waals surface area contributed by atoms with Crippen molar-refractivity contribution in [2.75, 3.05) is 26.2 Å². The number of carbonyl (C=O) groups excluding carboxylic acids is 2. The van der Waals surface area contributed by atoms with E-state index in [4.69, 9.17) is 0 Å². The Balaban J connectivity index is 1.15. The Morgan fingerprint density at radius 3 is 2.19 bits per heavy atom. The molecule has 4 nitrogen and oxygen atoms in total. The molecule has 0 bridgehead atoms. The minimum atomic E-state index is 0.181. The van der Waals surface area contributed by atoms with E-state index in [-0.39, 0.29) is 5.91 Å². The number of piperidine rings is 2. The van der Waals surface area contributed by atoms with Crippen LogP contribution in [0.3, 0.4) is 0 Å². The van der Waals surface area contributed by atoms with Crippen molar-refractivity contribution in [3.05, 3.63) is 57.8 Å². The molecule has 2 aliphatic heterocycles. The number of likely N-dealkylation sites (tertiary alicyclic amines) is 2. The first-order valence-electron chi connectivity index (χ1n) is 11.7. The molecule has 2 saturated heterocycles. The highest BCUT2D eigenvalue weighted by Crippen LogP contribution is 2.27. The zero-order chi connectivity index (χ0) is 21.6. The van der Waals surface area contributed by atoms with Crippen LogP contribution >= 0.6 is 11.3 Å². The second kappa shape index (κ2) is 10.4. The van der Waals surface area contributed by atoms with Gasteiger partial charge in [0, 0.05) is 32.6 Å². The second-order valence-corrected chi connectivity index (χ2v) is 10.1. The summed E-state index contributed by atoms with van der Waals surface area (Å²) < 4.78 is 0. The van der Waals surface area contributed by atoms with Gasteiger partial charge in [-0.25, -0.2) is 0 Å². The first kappa shape index (κ1) is 22.1. The van der Waals surface area contributed by atoms with Gasteiger partial charge < -0.3 is 9.80 Å². The Bertz CT molecular complexity index is 863. The predicted octanol–water partition coefficient (Wildman–Crippen LogP) is 5.17. The van der Waals surface area contributed by atoms with Crippen molar-refractivity contribution in [3.63, 3.8) is 0 Å². The Labute approximate surface area is 190 Å². The molecule has 2 aromatic rings. The molecule has 0 atom stereocenters. The van der Waals surface area contributed by atoms with Crippen LogP contribution in [-0.2, 0) is 11.2 Å². The lowest BCUT2D eigenvalue weighted by atomic mass is 9.89. The van der Waals surface area contributed by atoms with E-state index >= 15 is 0 Å². The summed E-state index contributed by atoms with van der Waals surface area (Å²) in [5.74, 6) is 1.76. The average molecular weight is 439 g/mol. The van der Waals surface area contributed by atoms with Gasteiger partial charge in [-0.3, -0.25) is 9.59 Å². The van der Waals surface area contributed by atoms with Crippen LogP contribution < -0.4 is 0 Å². The van der Waals surface area contributed by atoms with Crippen molar-refractivity contribution < 1.29 is 9.59 Å². The minimum absolute atomic E-state index is 0.181. The van der Waals surface area contributed by atoms with Crippen LogP contribution in [0.25, 0.3) is 0 Å². The van der Waals surface area contributed by atoms with E-state index in [0.717, 1.165) is 75.1 Å². The van der Waals surface area contributed by atoms with E-state index < -0.39 is 0 Å². The quantitative estimate of drug-likeness (QED) is 0.624. The van der Waals surface area contributed by atoms with Gasteiger partial charge in [0.1, 0.15) is 0 Å². The fraction of sp³-hybridized carbons (Fsp3) is 0.538. The maximum absolute atomic E-state index is 12.7. The number of aryl methyl sites for hydroxylation is 1. The van der Waals surface area contributed by atoms with Gasteiger partial charge in [-0.15, -0.1) is 11.3 Å². The van der Waals surface area contributed by atoms with Gasteiger partial charge in [0.15, 0.2) is 0 Å². The first-order valence-corrected chi connectivity index (χ1v) is 12.6. The van der Waals surface area contributed by atoms with Crippen molar-refractivity contribution in [1.29, 1.82) is 0 Å². The molecule has 2 amide bonds. The monoisotopic (exact) mass is 438 g/mol. The summed E-state index contributed by atoms with van der Waals surface area (Å²) in [5.41, 5.74) is 2.49. The molecule has 2 fully saturated rings. The molecule has 0 radical (unpaired) electrons. The Morgan fingerprint density at radius 2 is 1.55 bits per heavy atom. The molecule has 0 saturated carbocycles. The van der Waals surface area contributed by atoms with Crippen LogP contribution in [0.2, 0.25) is 0 Å². The van der Waals surface area contributed by atoms with Gasteiger partial charge >= 0.3 is 0 Å². The summed E-state index contributed by atoms with van der Waals surface area (Å²) in [6.07, 6.45) is 7.01. The lowest BCUT2D eigenvalue weighted by Crippen LogP contribution is -2.40. The van der Waals surface area contributed by atoms with Crippen molar-refractivity contribution in [3.8, 4) is 0 Å². The third-order valence-corrected chi connectivity index (χ3v) is 8.06. The Kier molecular flexibility index (Phi) is 7.44. The van der Waals surface area contributed by atoms with Gasteiger partial charge in [0.25, 0.3) is 5.91 Å². The summed E-state index contributed by atoms with van der Waals surface area (Å²) in [4.78, 5) is 30.4. The molecule has 0 N–H and O–H groups in total. The number of nitrogens with zero attached hydrogens (tertiary/aromatic N) is 2. The van der Waals surface area contributed by atoms with Crippen molar-refractivity contribution in [1.82, 2.24) is 9.80 Å². The zero-order valence-electron chi connectivity index (χ0n) is 18.6. The van der Waals surface area contributed by atoms with Crippen LogP contribution in [0.1, 0.15) is 59.3 Å². The Hall–Kier alpha value is -2.14. The lowest BCUT2D eigenvalue weighted by molar-refractivity contribution is -0.133. The smallest absolute Gasteiger partial charge is 0.264 e. The van der Waals surface area contributed by atoms with Gasteiger partial charge in [-0.2, -0.15) is 0 Å². The fourth-order valence-electron chi connectivity index (χ4n) is 4.98. The normalized spacial score (nSPS) is 18.4. The molecular weight excluding hydrogens is 404 g/mol. The molecule has 1 aromatic heterocycles. The van der Waals surface area contributed by atoms with Crippen molar-refractivity contribution in [2.24, 2.45) is 11.8 Å². The van der Waals surface area contributed by atoms with Crippen molar-refractivity contribution >= 4 is 23.2 Å². The SMILES string of the molecule is Cc1ccsc1C(=O)N1CCC(CCC(=O)N2CCC(Cc3ccccc3)CC2)CC1. The molecule has 4 rings (SSSR count). The molecule has 0 aliphatic carbocycles. The highest BCUT2D eigenvalue weighted by Gasteiger charge is 2.27. The summed E-state index contributed by atoms with van der Waals surface area (Å²) in [6, 6.07) is 12.7. The highest BCUT2D eigenvalue weighted by atomic mass is 32.1. The van der Waals surface area contributed by atoms with E-state index in [1.807, 2.05) is 23.3 Å². The summed E-state index contributed by atoms with van der Waals surface area (Å²) >= 11 is 1.54. The molecule has 0 unspecified atom stereocenters. The van der Waals surface area contributed by atoms with Crippen LogP contribution in [0.15, 0.2) is 41.8 Å². The van der Waals surface area contributed by atoms with Gasteiger partial charge in [0.05, 0.1) is 4.88 Å². The lowest BCUT2D eigenvalue weighted by Gasteiger charge is -2.34. The molecule has 1 aromatic carbocycles. The van der Waals surface area contributed by atoms with Crippen LogP contribution in [0.5, 0.6) is 0 Å². The molecule has 2 aliphatic rings. The Morgan fingerprint density at radius 1 is 0.903 bits per heavy atom. The van der Waals surface area contributed by atoms with Crippen LogP contribution in [0.4, 0.5) is 0 Å². The predicted molar refractivity (Wildman–Crippen MR) is 126 cm³/mol. The van der Waals surface area contributed by atoms with Gasteiger partial charge in [-0.05, 0) is 79.9 Å². The molecule has 3 heterocycles. The minimum Gasteiger partial charge on any atom is -0.343 e. The van der Waals surface area contributed by atoms with E-state index in [1.54, 1.807) is 11.3 Å². The highest BCUT2D eigenvalue weighted by molar-refractivity contribution is 7.12. The number of hydrogen-bond acceptors (Lipinski definition) is 3. The topological polar surface area (TPSA) is 40.6 Å². The molecular formula is C26H34N2O2S. The van der Waals surface area contributed by atoms with E-state index in [2.05, 4.69) is 35.2 Å². The summed E-state index contributed by atoms with van der Waals surface area (Å²) in [7, 11) is 0. The first-order chi connectivity index (χ1) is 15.1. The van der Waals surface area contributed by atoms with Gasteiger partial charge in [-0.1, -0.05) is 30.3 Å². The van der Waals surface area contributed by atoms with Crippen LogP contribution in [-0.4, -0.2) is 47.8 Å². The van der Waals surface area contributed by atoms with E-state index in [9.17, 15) is 9.59 Å². The van der Waals surface area contributed by atoms with Crippen molar-refractivity contribution in [2.45, 2.75) is 51.9 Å². The second-order valence-electron chi connectivity index (χ2n) is 9.22. The maximum Gasteiger partial charge on any atom is 0.264 e. The standard InChI is InChI=1S/C26H34N2O2S/c1-20-13-18-31-25(20)26(30)28-16-9-21(10-17-28)7-8-24(29)27-14-11-23(12-15-27)19-22-5-3-2-4-6-22/h2-6,13,18,21,23H,7-12,14-17,19H2,1H3. The number of amides is 2. The number of carbonyl (C=O) groups is 2. The maximum atomic E-state index is 12.7. The molecule has 0 spiro atoms. The zero-order valence-corrected chi connectivity index (χ0v) is 19.4. The average Bonchev–Trinajstić information content (AvgIpc) is 3.24. The number of rotatable bonds is 6. The number of hydrogen-bond donors (Lipinski definition) is 0. The van der Waals surface area contributed by atoms with E-state index in [0.29, 0.717) is 24.2 Å². The number of thiophene rings is 1. The summed E-state index contributed by atoms with van der Waals surface area (Å²) in [6.45, 7) is 5.46. The number of benzene rings is 1. The third-order valence-electron chi connectivity index (χ3n) is 7.06. The van der Waals surface area contributed by atoms with E-state index in [1.165, 1.54) is 5.56 Å². The largest absolute Gasteiger partial charge is 0.343 e. The molecule has 166 valence electrons.